The average Bonchev–Trinajstić information content (AvgIpc) is 3.24. The van der Waals surface area contributed by atoms with Gasteiger partial charge in [0.05, 0.1) is 29.1 Å². The van der Waals surface area contributed by atoms with E-state index in [2.05, 4.69) is 35.5 Å². The summed E-state index contributed by atoms with van der Waals surface area (Å²) in [5, 5.41) is 5.27. The van der Waals surface area contributed by atoms with Crippen LogP contribution in [0.3, 0.4) is 0 Å². The van der Waals surface area contributed by atoms with Gasteiger partial charge in [0.2, 0.25) is 17.8 Å². The van der Waals surface area contributed by atoms with Gasteiger partial charge in [0.25, 0.3) is 11.1 Å². The molecule has 3 aromatic rings. The molecule has 2 aliphatic rings. The zero-order valence-electron chi connectivity index (χ0n) is 21.0. The van der Waals surface area contributed by atoms with Crippen LogP contribution in [0.15, 0.2) is 41.4 Å². The molecule has 202 valence electrons. The van der Waals surface area contributed by atoms with Crippen LogP contribution >= 0.6 is 11.8 Å². The van der Waals surface area contributed by atoms with E-state index in [0.29, 0.717) is 51.7 Å². The third kappa shape index (κ3) is 6.55. The Bertz CT molecular complexity index is 1410. The van der Waals surface area contributed by atoms with Crippen LogP contribution in [0.4, 0.5) is 19.5 Å². The van der Waals surface area contributed by atoms with Gasteiger partial charge in [-0.05, 0) is 61.3 Å². The molecule has 0 aliphatic carbocycles. The van der Waals surface area contributed by atoms with Crippen LogP contribution in [-0.4, -0.2) is 57.8 Å². The van der Waals surface area contributed by atoms with Crippen LogP contribution < -0.4 is 20.3 Å². The molecule has 0 unspecified atom stereocenters. The number of halogens is 2. The highest BCUT2D eigenvalue weighted by atomic mass is 32.2. The fraction of sp³-hybridized carbons (Fsp3) is 0.308. The van der Waals surface area contributed by atoms with Gasteiger partial charge in [-0.2, -0.15) is 13.8 Å². The lowest BCUT2D eigenvalue weighted by molar-refractivity contribution is -0.115. The van der Waals surface area contributed by atoms with Gasteiger partial charge in [-0.3, -0.25) is 14.9 Å². The second-order valence-electron chi connectivity index (χ2n) is 9.04. The van der Waals surface area contributed by atoms with Gasteiger partial charge in [0, 0.05) is 43.5 Å². The lowest BCUT2D eigenvalue weighted by Crippen LogP contribution is -2.38. The Kier molecular flexibility index (Phi) is 8.07. The zero-order valence-corrected chi connectivity index (χ0v) is 21.8. The molecule has 0 radical (unpaired) electrons. The molecule has 0 saturated carbocycles. The second-order valence-corrected chi connectivity index (χ2v) is 10.1. The van der Waals surface area contributed by atoms with Gasteiger partial charge < -0.3 is 15.0 Å². The van der Waals surface area contributed by atoms with Gasteiger partial charge >= 0.3 is 0 Å². The molecule has 5 heterocycles. The molecular weight excluding hydrogens is 528 g/mol. The number of nitrogens with one attached hydrogen (secondary N) is 2. The van der Waals surface area contributed by atoms with Gasteiger partial charge in [-0.1, -0.05) is 0 Å². The number of amides is 2. The summed E-state index contributed by atoms with van der Waals surface area (Å²) in [5.74, 6) is -0.632. The van der Waals surface area contributed by atoms with Gasteiger partial charge in [-0.15, -0.1) is 0 Å². The highest BCUT2D eigenvalue weighted by Gasteiger charge is 2.26. The SMILES string of the molecule is COc1ccc(-c2cc(F)nc(F)c2)nc1CNCC1CCN(c2nccc(C=C3SC(=O)NC3=O)n2)CC1. The van der Waals surface area contributed by atoms with Crippen LogP contribution in [0, 0.1) is 17.8 Å². The molecule has 0 aromatic carbocycles. The van der Waals surface area contributed by atoms with Crippen molar-refractivity contribution >= 4 is 34.9 Å². The summed E-state index contributed by atoms with van der Waals surface area (Å²) in [4.78, 5) is 42.2. The van der Waals surface area contributed by atoms with E-state index in [0.717, 1.165) is 56.4 Å². The molecule has 39 heavy (non-hydrogen) atoms. The Hall–Kier alpha value is -3.97. The molecule has 2 amide bonds. The Morgan fingerprint density at radius 1 is 1.13 bits per heavy atom. The third-order valence-electron chi connectivity index (χ3n) is 6.42. The van der Waals surface area contributed by atoms with Crippen LogP contribution in [0.5, 0.6) is 5.75 Å². The maximum atomic E-state index is 13.6. The first-order chi connectivity index (χ1) is 18.9. The van der Waals surface area contributed by atoms with E-state index in [4.69, 9.17) is 4.74 Å². The molecule has 2 fully saturated rings. The molecule has 3 aromatic heterocycles. The molecule has 0 bridgehead atoms. The Labute approximate surface area is 227 Å². The molecule has 10 nitrogen and oxygen atoms in total. The van der Waals surface area contributed by atoms with Gasteiger partial charge in [0.1, 0.15) is 5.75 Å². The molecule has 2 aliphatic heterocycles. The lowest BCUT2D eigenvalue weighted by Gasteiger charge is -2.32. The molecule has 2 N–H and O–H groups in total. The van der Waals surface area contributed by atoms with Crippen molar-refractivity contribution in [3.05, 3.63) is 64.7 Å². The number of methoxy groups -OCH3 is 1. The van der Waals surface area contributed by atoms with Crippen LogP contribution in [-0.2, 0) is 11.3 Å². The highest BCUT2D eigenvalue weighted by Crippen LogP contribution is 2.27. The second kappa shape index (κ2) is 11.8. The normalized spacial score (nSPS) is 17.1. The Morgan fingerprint density at radius 3 is 2.59 bits per heavy atom. The van der Waals surface area contributed by atoms with E-state index < -0.39 is 23.0 Å². The van der Waals surface area contributed by atoms with Crippen molar-refractivity contribution < 1.29 is 23.1 Å². The number of hydrogen-bond donors (Lipinski definition) is 2. The Morgan fingerprint density at radius 2 is 1.90 bits per heavy atom. The number of anilines is 1. The van der Waals surface area contributed by atoms with E-state index in [-0.39, 0.29) is 0 Å². The van der Waals surface area contributed by atoms with E-state index in [1.165, 1.54) is 0 Å². The van der Waals surface area contributed by atoms with Gasteiger partial charge in [-0.25, -0.2) is 15.0 Å². The fourth-order valence-corrected chi connectivity index (χ4v) is 5.12. The number of carbonyl (C=O) groups excluding carboxylic acids is 2. The summed E-state index contributed by atoms with van der Waals surface area (Å²) in [6, 6.07) is 7.37. The summed E-state index contributed by atoms with van der Waals surface area (Å²) in [5.41, 5.74) is 1.94. The van der Waals surface area contributed by atoms with E-state index in [9.17, 15) is 18.4 Å². The zero-order chi connectivity index (χ0) is 27.4. The van der Waals surface area contributed by atoms with Crippen molar-refractivity contribution in [3.8, 4) is 17.0 Å². The maximum Gasteiger partial charge on any atom is 0.290 e. The number of piperidine rings is 1. The van der Waals surface area contributed by atoms with E-state index >= 15 is 0 Å². The van der Waals surface area contributed by atoms with Crippen molar-refractivity contribution in [1.29, 1.82) is 0 Å². The average molecular weight is 554 g/mol. The number of nitrogens with zero attached hydrogens (tertiary/aromatic N) is 5. The van der Waals surface area contributed by atoms with Crippen LogP contribution in [0.1, 0.15) is 24.2 Å². The molecule has 5 rings (SSSR count). The number of imide groups is 1. The van der Waals surface area contributed by atoms with E-state index in [1.54, 1.807) is 37.6 Å². The first-order valence-corrected chi connectivity index (χ1v) is 13.1. The van der Waals surface area contributed by atoms with Crippen LogP contribution in [0.2, 0.25) is 0 Å². The molecule has 2 saturated heterocycles. The number of carbonyl (C=O) groups is 2. The number of hydrogen-bond acceptors (Lipinski definition) is 10. The first-order valence-electron chi connectivity index (χ1n) is 12.3. The monoisotopic (exact) mass is 553 g/mol. The smallest absolute Gasteiger partial charge is 0.290 e. The van der Waals surface area contributed by atoms with Crippen molar-refractivity contribution in [2.75, 3.05) is 31.6 Å². The predicted molar refractivity (Wildman–Crippen MR) is 142 cm³/mol. The highest BCUT2D eigenvalue weighted by molar-refractivity contribution is 8.18. The largest absolute Gasteiger partial charge is 0.495 e. The number of pyridine rings is 2. The van der Waals surface area contributed by atoms with Crippen molar-refractivity contribution in [2.24, 2.45) is 5.92 Å². The molecule has 13 heteroatoms. The minimum absolute atomic E-state index is 0.303. The quantitative estimate of drug-likeness (QED) is 0.316. The summed E-state index contributed by atoms with van der Waals surface area (Å²) in [6.45, 7) is 2.74. The number of aromatic nitrogens is 4. The standard InChI is InChI=1S/C26H25F2N7O3S/c1-38-20-3-2-18(16-10-22(27)33-23(28)11-16)32-19(20)14-29-13-15-5-8-35(9-6-15)25-30-7-4-17(31-25)12-21-24(36)34-26(37)39-21/h2-4,7,10-12,15,29H,5-6,8-9,13-14H2,1H3,(H,34,36,37). The minimum Gasteiger partial charge on any atom is -0.495 e. The van der Waals surface area contributed by atoms with Crippen LogP contribution in [0.25, 0.3) is 17.3 Å². The fourth-order valence-electron chi connectivity index (χ4n) is 4.46. The number of thioether (sulfide) groups is 1. The van der Waals surface area contributed by atoms with E-state index in [1.807, 2.05) is 0 Å². The molecule has 0 atom stereocenters. The first kappa shape index (κ1) is 26.6. The maximum absolute atomic E-state index is 13.6. The molecular formula is C26H25F2N7O3S. The summed E-state index contributed by atoms with van der Waals surface area (Å²) < 4.78 is 32.6. The molecule has 0 spiro atoms. The summed E-state index contributed by atoms with van der Waals surface area (Å²) >= 11 is 0.855. The lowest BCUT2D eigenvalue weighted by atomic mass is 9.97. The Balaban J connectivity index is 1.16. The summed E-state index contributed by atoms with van der Waals surface area (Å²) in [6.07, 6.45) is 5.08. The summed E-state index contributed by atoms with van der Waals surface area (Å²) in [7, 11) is 1.55. The van der Waals surface area contributed by atoms with Crippen molar-refractivity contribution in [1.82, 2.24) is 30.6 Å². The predicted octanol–water partition coefficient (Wildman–Crippen LogP) is 3.55. The van der Waals surface area contributed by atoms with Crippen molar-refractivity contribution in [2.45, 2.75) is 19.4 Å². The third-order valence-corrected chi connectivity index (χ3v) is 7.23. The number of rotatable bonds is 8. The minimum atomic E-state index is -0.903. The van der Waals surface area contributed by atoms with Gasteiger partial charge in [0.15, 0.2) is 0 Å². The number of ether oxygens (including phenoxy) is 1. The topological polar surface area (TPSA) is 122 Å². The van der Waals surface area contributed by atoms with Crippen molar-refractivity contribution in [3.63, 3.8) is 0 Å².